The molecule has 0 bridgehead atoms. The van der Waals surface area contributed by atoms with E-state index in [1.54, 1.807) is 0 Å². The number of likely N-dealkylation sites (tertiary alicyclic amines) is 1. The minimum Gasteiger partial charge on any atom is -0.444 e. The fourth-order valence-electron chi connectivity index (χ4n) is 2.77. The molecule has 1 aromatic rings. The van der Waals surface area contributed by atoms with Crippen LogP contribution in [-0.4, -0.2) is 48.7 Å². The molecule has 138 valence electrons. The van der Waals surface area contributed by atoms with E-state index >= 15 is 0 Å². The molecule has 1 heterocycles. The quantitative estimate of drug-likeness (QED) is 0.776. The summed E-state index contributed by atoms with van der Waals surface area (Å²) in [6.07, 6.45) is 2.03. The van der Waals surface area contributed by atoms with Crippen molar-refractivity contribution in [3.63, 3.8) is 0 Å². The van der Waals surface area contributed by atoms with Crippen LogP contribution in [0.25, 0.3) is 0 Å². The van der Waals surface area contributed by atoms with Gasteiger partial charge in [0.05, 0.1) is 0 Å². The number of nitrogens with one attached hydrogen (secondary N) is 2. The normalized spacial score (nSPS) is 15.0. The van der Waals surface area contributed by atoms with E-state index in [1.165, 1.54) is 12.8 Å². The first-order chi connectivity index (χ1) is 11.8. The van der Waals surface area contributed by atoms with Crippen LogP contribution in [0.4, 0.5) is 4.79 Å². The number of ether oxygens (including phenoxy) is 1. The number of alkyl carbamates (subject to hydrolysis) is 1. The maximum absolute atomic E-state index is 12.2. The van der Waals surface area contributed by atoms with Crippen molar-refractivity contribution in [2.75, 3.05) is 26.2 Å². The van der Waals surface area contributed by atoms with E-state index in [2.05, 4.69) is 21.6 Å². The molecule has 1 saturated heterocycles. The Morgan fingerprint density at radius 2 is 1.80 bits per heavy atom. The lowest BCUT2D eigenvalue weighted by Crippen LogP contribution is -2.37. The van der Waals surface area contributed by atoms with Crippen LogP contribution in [0.2, 0.25) is 0 Å². The number of carbonyl (C=O) groups excluding carboxylic acids is 2. The Hall–Kier alpha value is -2.08. The standard InChI is InChI=1S/C19H29N3O3/c1-19(2,3)25-18(24)21-10-9-20-17(23)16-8-6-7-15(13-16)14-22-11-4-5-12-22/h6-8,13H,4-5,9-12,14H2,1-3H3,(H,20,23)(H,21,24). The van der Waals surface area contributed by atoms with Crippen molar-refractivity contribution in [1.29, 1.82) is 0 Å². The van der Waals surface area contributed by atoms with Gasteiger partial charge in [0.15, 0.2) is 0 Å². The molecular weight excluding hydrogens is 318 g/mol. The molecule has 0 aliphatic carbocycles. The van der Waals surface area contributed by atoms with Crippen LogP contribution < -0.4 is 10.6 Å². The monoisotopic (exact) mass is 347 g/mol. The zero-order valence-electron chi connectivity index (χ0n) is 15.4. The first-order valence-electron chi connectivity index (χ1n) is 8.90. The van der Waals surface area contributed by atoms with E-state index in [0.717, 1.165) is 25.2 Å². The van der Waals surface area contributed by atoms with Gasteiger partial charge in [0.2, 0.25) is 0 Å². The molecule has 0 atom stereocenters. The lowest BCUT2D eigenvalue weighted by Gasteiger charge is -2.19. The van der Waals surface area contributed by atoms with E-state index in [0.29, 0.717) is 18.7 Å². The third-order valence-corrected chi connectivity index (χ3v) is 3.87. The van der Waals surface area contributed by atoms with Crippen molar-refractivity contribution >= 4 is 12.0 Å². The van der Waals surface area contributed by atoms with Crippen molar-refractivity contribution in [2.24, 2.45) is 0 Å². The molecule has 0 unspecified atom stereocenters. The van der Waals surface area contributed by atoms with Crippen molar-refractivity contribution in [3.05, 3.63) is 35.4 Å². The second-order valence-electron chi connectivity index (χ2n) is 7.37. The maximum Gasteiger partial charge on any atom is 0.407 e. The van der Waals surface area contributed by atoms with E-state index in [9.17, 15) is 9.59 Å². The van der Waals surface area contributed by atoms with Crippen LogP contribution in [0, 0.1) is 0 Å². The predicted molar refractivity (Wildman–Crippen MR) is 97.5 cm³/mol. The number of benzene rings is 1. The van der Waals surface area contributed by atoms with Gasteiger partial charge >= 0.3 is 6.09 Å². The van der Waals surface area contributed by atoms with Gasteiger partial charge in [0.1, 0.15) is 5.60 Å². The Bertz CT molecular complexity index is 590. The Labute approximate surface area is 149 Å². The highest BCUT2D eigenvalue weighted by Gasteiger charge is 2.16. The molecule has 2 N–H and O–H groups in total. The summed E-state index contributed by atoms with van der Waals surface area (Å²) in [5, 5.41) is 5.44. The molecular formula is C19H29N3O3. The fraction of sp³-hybridized carbons (Fsp3) is 0.579. The zero-order valence-corrected chi connectivity index (χ0v) is 15.4. The van der Waals surface area contributed by atoms with Gasteiger partial charge in [0, 0.05) is 25.2 Å². The summed E-state index contributed by atoms with van der Waals surface area (Å²) in [5.41, 5.74) is 1.28. The third kappa shape index (κ3) is 7.13. The van der Waals surface area contributed by atoms with E-state index in [4.69, 9.17) is 4.74 Å². The van der Waals surface area contributed by atoms with Gasteiger partial charge in [-0.05, 0) is 64.4 Å². The topological polar surface area (TPSA) is 70.7 Å². The maximum atomic E-state index is 12.2. The second kappa shape index (κ2) is 8.85. The molecule has 1 aliphatic heterocycles. The highest BCUT2D eigenvalue weighted by molar-refractivity contribution is 5.94. The summed E-state index contributed by atoms with van der Waals surface area (Å²) >= 11 is 0. The number of nitrogens with zero attached hydrogens (tertiary/aromatic N) is 1. The highest BCUT2D eigenvalue weighted by atomic mass is 16.6. The SMILES string of the molecule is CC(C)(C)OC(=O)NCCNC(=O)c1cccc(CN2CCCC2)c1. The fourth-order valence-corrected chi connectivity index (χ4v) is 2.77. The van der Waals surface area contributed by atoms with Crippen LogP contribution in [0.5, 0.6) is 0 Å². The minimum absolute atomic E-state index is 0.130. The Morgan fingerprint density at radius 3 is 2.48 bits per heavy atom. The van der Waals surface area contributed by atoms with Gasteiger partial charge in [-0.1, -0.05) is 12.1 Å². The molecule has 0 aromatic heterocycles. The lowest BCUT2D eigenvalue weighted by molar-refractivity contribution is 0.0526. The van der Waals surface area contributed by atoms with Gasteiger partial charge in [0.25, 0.3) is 5.91 Å². The molecule has 6 heteroatoms. The Morgan fingerprint density at radius 1 is 1.12 bits per heavy atom. The third-order valence-electron chi connectivity index (χ3n) is 3.87. The van der Waals surface area contributed by atoms with Crippen LogP contribution in [-0.2, 0) is 11.3 Å². The zero-order chi connectivity index (χ0) is 18.3. The van der Waals surface area contributed by atoms with Gasteiger partial charge < -0.3 is 15.4 Å². The lowest BCUT2D eigenvalue weighted by atomic mass is 10.1. The Balaban J connectivity index is 1.74. The van der Waals surface area contributed by atoms with Crippen LogP contribution in [0.15, 0.2) is 24.3 Å². The number of rotatable bonds is 6. The molecule has 2 amide bonds. The average Bonchev–Trinajstić information content (AvgIpc) is 3.03. The molecule has 0 spiro atoms. The summed E-state index contributed by atoms with van der Waals surface area (Å²) in [7, 11) is 0. The van der Waals surface area contributed by atoms with Gasteiger partial charge in [-0.2, -0.15) is 0 Å². The summed E-state index contributed by atoms with van der Waals surface area (Å²) in [5.74, 6) is -0.130. The van der Waals surface area contributed by atoms with Gasteiger partial charge in [-0.15, -0.1) is 0 Å². The summed E-state index contributed by atoms with van der Waals surface area (Å²) < 4.78 is 5.14. The van der Waals surface area contributed by atoms with Crippen LogP contribution >= 0.6 is 0 Å². The molecule has 1 aromatic carbocycles. The number of hydrogen-bond acceptors (Lipinski definition) is 4. The molecule has 6 nitrogen and oxygen atoms in total. The summed E-state index contributed by atoms with van der Waals surface area (Å²) in [6.45, 7) is 9.26. The van der Waals surface area contributed by atoms with Crippen molar-refractivity contribution in [3.8, 4) is 0 Å². The molecule has 25 heavy (non-hydrogen) atoms. The van der Waals surface area contributed by atoms with Crippen LogP contribution in [0.3, 0.4) is 0 Å². The van der Waals surface area contributed by atoms with E-state index < -0.39 is 11.7 Å². The van der Waals surface area contributed by atoms with Gasteiger partial charge in [-0.3, -0.25) is 9.69 Å². The summed E-state index contributed by atoms with van der Waals surface area (Å²) in [4.78, 5) is 26.2. The summed E-state index contributed by atoms with van der Waals surface area (Å²) in [6, 6.07) is 7.72. The first kappa shape index (κ1) is 19.2. The predicted octanol–water partition coefficient (Wildman–Crippen LogP) is 2.54. The smallest absolute Gasteiger partial charge is 0.407 e. The van der Waals surface area contributed by atoms with Crippen LogP contribution in [0.1, 0.15) is 49.5 Å². The number of amides is 2. The van der Waals surface area contributed by atoms with Gasteiger partial charge in [-0.25, -0.2) is 4.79 Å². The molecule has 0 saturated carbocycles. The molecule has 1 aliphatic rings. The van der Waals surface area contributed by atoms with Crippen molar-refractivity contribution < 1.29 is 14.3 Å². The van der Waals surface area contributed by atoms with E-state index in [1.807, 2.05) is 39.0 Å². The van der Waals surface area contributed by atoms with Crippen molar-refractivity contribution in [2.45, 2.75) is 45.8 Å². The second-order valence-corrected chi connectivity index (χ2v) is 7.37. The largest absolute Gasteiger partial charge is 0.444 e. The first-order valence-corrected chi connectivity index (χ1v) is 8.90. The average molecular weight is 347 g/mol. The number of carbonyl (C=O) groups is 2. The Kier molecular flexibility index (Phi) is 6.82. The number of hydrogen-bond donors (Lipinski definition) is 2. The highest BCUT2D eigenvalue weighted by Crippen LogP contribution is 2.13. The van der Waals surface area contributed by atoms with Crippen molar-refractivity contribution in [1.82, 2.24) is 15.5 Å². The van der Waals surface area contributed by atoms with E-state index in [-0.39, 0.29) is 5.91 Å². The molecule has 0 radical (unpaired) electrons. The molecule has 1 fully saturated rings. The minimum atomic E-state index is -0.525. The molecule has 2 rings (SSSR count).